The smallest absolute Gasteiger partial charge is 0.339 e. The fraction of sp³-hybridized carbons (Fsp3) is 0.143. The summed E-state index contributed by atoms with van der Waals surface area (Å²) in [5, 5.41) is 15.9. The number of nitro groups is 1. The largest absolute Gasteiger partial charge is 0.449 e. The number of amides is 1. The van der Waals surface area contributed by atoms with Crippen molar-refractivity contribution in [3.05, 3.63) is 76.3 Å². The second-order valence-electron chi connectivity index (χ2n) is 6.24. The number of esters is 1. The summed E-state index contributed by atoms with van der Waals surface area (Å²) in [6.45, 7) is 1.44. The van der Waals surface area contributed by atoms with Crippen LogP contribution >= 0.6 is 11.8 Å². The van der Waals surface area contributed by atoms with Crippen molar-refractivity contribution in [2.45, 2.75) is 17.9 Å². The lowest BCUT2D eigenvalue weighted by Crippen LogP contribution is -2.30. The molecule has 8 heteroatoms. The van der Waals surface area contributed by atoms with Crippen molar-refractivity contribution in [2.24, 2.45) is 0 Å². The number of nitrogens with one attached hydrogen (secondary N) is 1. The van der Waals surface area contributed by atoms with E-state index in [0.717, 1.165) is 16.8 Å². The first kappa shape index (κ1) is 20.3. The normalized spacial score (nSPS) is 11.7. The summed E-state index contributed by atoms with van der Waals surface area (Å²) in [5.41, 5.74) is 0.414. The summed E-state index contributed by atoms with van der Waals surface area (Å²) in [6.07, 6.45) is 0.632. The molecule has 0 radical (unpaired) electrons. The van der Waals surface area contributed by atoms with Gasteiger partial charge in [0, 0.05) is 11.8 Å². The molecule has 0 fully saturated rings. The molecule has 3 aromatic carbocycles. The zero-order chi connectivity index (χ0) is 21.0. The van der Waals surface area contributed by atoms with Crippen LogP contribution in [0.3, 0.4) is 0 Å². The van der Waals surface area contributed by atoms with Crippen LogP contribution in [0.15, 0.2) is 65.6 Å². The Balaban J connectivity index is 1.69. The first-order valence-corrected chi connectivity index (χ1v) is 9.94. The van der Waals surface area contributed by atoms with Crippen molar-refractivity contribution in [3.63, 3.8) is 0 Å². The average Bonchev–Trinajstić information content (AvgIpc) is 2.72. The number of rotatable bonds is 6. The molecule has 1 amide bonds. The maximum absolute atomic E-state index is 12.4. The van der Waals surface area contributed by atoms with Crippen LogP contribution in [-0.4, -0.2) is 29.2 Å². The molecule has 0 aliphatic carbocycles. The Morgan fingerprint density at radius 3 is 2.48 bits per heavy atom. The number of hydrogen-bond donors (Lipinski definition) is 1. The molecular formula is C21H18N2O5S. The second-order valence-corrected chi connectivity index (χ2v) is 7.09. The number of nitro benzene ring substituents is 1. The van der Waals surface area contributed by atoms with E-state index in [4.69, 9.17) is 4.74 Å². The Morgan fingerprint density at radius 1 is 1.07 bits per heavy atom. The minimum Gasteiger partial charge on any atom is -0.449 e. The van der Waals surface area contributed by atoms with Gasteiger partial charge in [0.1, 0.15) is 0 Å². The highest BCUT2D eigenvalue weighted by Crippen LogP contribution is 2.28. The number of nitrogens with zero attached hydrogens (tertiary/aromatic N) is 1. The highest BCUT2D eigenvalue weighted by molar-refractivity contribution is 7.98. The number of anilines is 1. The number of hydrogen-bond acceptors (Lipinski definition) is 6. The van der Waals surface area contributed by atoms with Crippen LogP contribution in [-0.2, 0) is 9.53 Å². The van der Waals surface area contributed by atoms with Gasteiger partial charge in [-0.1, -0.05) is 30.3 Å². The lowest BCUT2D eigenvalue weighted by atomic mass is 10.1. The third-order valence-electron chi connectivity index (χ3n) is 4.28. The van der Waals surface area contributed by atoms with E-state index in [1.165, 1.54) is 30.8 Å². The molecule has 0 saturated carbocycles. The van der Waals surface area contributed by atoms with Gasteiger partial charge in [-0.3, -0.25) is 14.9 Å². The van der Waals surface area contributed by atoms with Crippen LogP contribution in [0.25, 0.3) is 10.8 Å². The number of carbonyl (C=O) groups excluding carboxylic acids is 2. The molecule has 1 atom stereocenters. The first-order valence-electron chi connectivity index (χ1n) is 8.72. The van der Waals surface area contributed by atoms with Crippen molar-refractivity contribution >= 4 is 45.8 Å². The fourth-order valence-electron chi connectivity index (χ4n) is 2.75. The molecule has 0 heterocycles. The van der Waals surface area contributed by atoms with Crippen LogP contribution in [0.2, 0.25) is 0 Å². The van der Waals surface area contributed by atoms with Crippen LogP contribution in [0.4, 0.5) is 11.4 Å². The molecule has 0 aliphatic rings. The van der Waals surface area contributed by atoms with Gasteiger partial charge in [-0.2, -0.15) is 0 Å². The average molecular weight is 410 g/mol. The van der Waals surface area contributed by atoms with Gasteiger partial charge in [0.05, 0.1) is 15.4 Å². The summed E-state index contributed by atoms with van der Waals surface area (Å²) < 4.78 is 5.19. The Kier molecular flexibility index (Phi) is 6.13. The molecule has 3 aromatic rings. The predicted octanol–water partition coefficient (Wildman–Crippen LogP) is 4.65. The van der Waals surface area contributed by atoms with Gasteiger partial charge < -0.3 is 10.1 Å². The van der Waals surface area contributed by atoms with Gasteiger partial charge in [0.25, 0.3) is 11.6 Å². The molecule has 3 rings (SSSR count). The van der Waals surface area contributed by atoms with Crippen molar-refractivity contribution in [1.29, 1.82) is 0 Å². The molecule has 0 bridgehead atoms. The van der Waals surface area contributed by atoms with Crippen LogP contribution < -0.4 is 5.32 Å². The number of ether oxygens (including phenoxy) is 1. The van der Waals surface area contributed by atoms with Crippen molar-refractivity contribution in [3.8, 4) is 0 Å². The highest BCUT2D eigenvalue weighted by atomic mass is 32.2. The topological polar surface area (TPSA) is 98.5 Å². The maximum Gasteiger partial charge on any atom is 0.339 e. The van der Waals surface area contributed by atoms with E-state index in [-0.39, 0.29) is 11.3 Å². The summed E-state index contributed by atoms with van der Waals surface area (Å²) >= 11 is 1.21. The summed E-state index contributed by atoms with van der Waals surface area (Å²) in [6, 6.07) is 17.3. The van der Waals surface area contributed by atoms with E-state index in [1.54, 1.807) is 12.3 Å². The van der Waals surface area contributed by atoms with Crippen LogP contribution in [0, 0.1) is 10.1 Å². The number of fused-ring (bicyclic) bond motifs is 1. The molecule has 0 spiro atoms. The van der Waals surface area contributed by atoms with E-state index >= 15 is 0 Å². The van der Waals surface area contributed by atoms with E-state index in [0.29, 0.717) is 10.6 Å². The standard InChI is InChI=1S/C21H18N2O5S/c1-13(20(24)22-17-9-7-14-5-3-4-6-15(14)11-17)28-21(25)16-8-10-19(29-2)18(12-16)23(26)27/h3-13H,1-2H3,(H,22,24)/t13-/m1/s1. The van der Waals surface area contributed by atoms with Gasteiger partial charge >= 0.3 is 5.97 Å². The van der Waals surface area contributed by atoms with Crippen LogP contribution in [0.1, 0.15) is 17.3 Å². The third-order valence-corrected chi connectivity index (χ3v) is 5.07. The van der Waals surface area contributed by atoms with Gasteiger partial charge in [-0.15, -0.1) is 11.8 Å². The molecule has 1 N–H and O–H groups in total. The van der Waals surface area contributed by atoms with Gasteiger partial charge in [-0.05, 0) is 48.2 Å². The Morgan fingerprint density at radius 2 is 1.79 bits per heavy atom. The third kappa shape index (κ3) is 4.72. The van der Waals surface area contributed by atoms with E-state index < -0.39 is 22.9 Å². The van der Waals surface area contributed by atoms with E-state index in [9.17, 15) is 19.7 Å². The van der Waals surface area contributed by atoms with Crippen molar-refractivity contribution < 1.29 is 19.2 Å². The summed E-state index contributed by atoms with van der Waals surface area (Å²) in [5.74, 6) is -1.30. The Hall–Kier alpha value is -3.39. The zero-order valence-electron chi connectivity index (χ0n) is 15.7. The van der Waals surface area contributed by atoms with Crippen molar-refractivity contribution in [2.75, 3.05) is 11.6 Å². The molecule has 0 saturated heterocycles. The monoisotopic (exact) mass is 410 g/mol. The first-order chi connectivity index (χ1) is 13.9. The lowest BCUT2D eigenvalue weighted by molar-refractivity contribution is -0.387. The number of carbonyl (C=O) groups is 2. The Bertz CT molecular complexity index is 1100. The van der Waals surface area contributed by atoms with E-state index in [2.05, 4.69) is 5.32 Å². The quantitative estimate of drug-likeness (QED) is 0.275. The minimum absolute atomic E-state index is 0.0138. The minimum atomic E-state index is -1.08. The molecule has 0 unspecified atom stereocenters. The summed E-state index contributed by atoms with van der Waals surface area (Å²) in [7, 11) is 0. The summed E-state index contributed by atoms with van der Waals surface area (Å²) in [4.78, 5) is 35.8. The Labute approximate surface area is 171 Å². The maximum atomic E-state index is 12.4. The predicted molar refractivity (Wildman–Crippen MR) is 112 cm³/mol. The molecule has 0 aromatic heterocycles. The molecule has 148 valence electrons. The van der Waals surface area contributed by atoms with Gasteiger partial charge in [0.15, 0.2) is 6.10 Å². The molecule has 0 aliphatic heterocycles. The molecular weight excluding hydrogens is 392 g/mol. The number of thioether (sulfide) groups is 1. The van der Waals surface area contributed by atoms with E-state index in [1.807, 2.05) is 36.4 Å². The number of benzene rings is 3. The molecule has 29 heavy (non-hydrogen) atoms. The van der Waals surface area contributed by atoms with Crippen LogP contribution in [0.5, 0.6) is 0 Å². The van der Waals surface area contributed by atoms with Crippen molar-refractivity contribution in [1.82, 2.24) is 0 Å². The molecule has 7 nitrogen and oxygen atoms in total. The van der Waals surface area contributed by atoms with Gasteiger partial charge in [-0.25, -0.2) is 4.79 Å². The SMILES string of the molecule is CSc1ccc(C(=O)O[C@H](C)C(=O)Nc2ccc3ccccc3c2)cc1[N+](=O)[O-]. The lowest BCUT2D eigenvalue weighted by Gasteiger charge is -2.14. The second kappa shape index (κ2) is 8.74. The highest BCUT2D eigenvalue weighted by Gasteiger charge is 2.22. The fourth-order valence-corrected chi connectivity index (χ4v) is 3.30. The van der Waals surface area contributed by atoms with Gasteiger partial charge in [0.2, 0.25) is 0 Å². The zero-order valence-corrected chi connectivity index (χ0v) is 16.6.